The predicted octanol–water partition coefficient (Wildman–Crippen LogP) is 1.93. The number of aromatic carboxylic acids is 1. The molecular weight excluding hydrogens is 226 g/mol. The molecule has 0 atom stereocenters. The van der Waals surface area contributed by atoms with Gasteiger partial charge in [-0.05, 0) is 6.92 Å². The van der Waals surface area contributed by atoms with Crippen LogP contribution in [0, 0.1) is 17.0 Å². The third-order valence-electron chi connectivity index (χ3n) is 1.95. The van der Waals surface area contributed by atoms with Crippen LogP contribution in [-0.4, -0.2) is 21.0 Å². The molecule has 0 aliphatic carbocycles. The fraction of sp³-hybridized carbons (Fsp3) is 0.250. The first-order valence-corrected chi connectivity index (χ1v) is 4.01. The average molecular weight is 232 g/mol. The third kappa shape index (κ3) is 1.95. The first-order chi connectivity index (χ1) is 7.36. The Kier molecular flexibility index (Phi) is 3.11. The van der Waals surface area contributed by atoms with Crippen molar-refractivity contribution in [1.29, 1.82) is 0 Å². The Labute approximate surface area is 87.7 Å². The fourth-order valence-electron chi connectivity index (χ4n) is 1.22. The van der Waals surface area contributed by atoms with Crippen LogP contribution in [-0.2, 0) is 0 Å². The summed E-state index contributed by atoms with van der Waals surface area (Å²) in [5.41, 5.74) is -2.76. The van der Waals surface area contributed by atoms with Crippen molar-refractivity contribution < 1.29 is 23.6 Å². The molecule has 0 saturated heterocycles. The van der Waals surface area contributed by atoms with Crippen LogP contribution in [0.25, 0.3) is 0 Å². The molecule has 1 heterocycles. The zero-order chi connectivity index (χ0) is 12.5. The van der Waals surface area contributed by atoms with Gasteiger partial charge in [0.15, 0.2) is 5.69 Å². The van der Waals surface area contributed by atoms with E-state index >= 15 is 0 Å². The van der Waals surface area contributed by atoms with Crippen molar-refractivity contribution in [3.63, 3.8) is 0 Å². The van der Waals surface area contributed by atoms with E-state index < -0.39 is 34.3 Å². The zero-order valence-electron chi connectivity index (χ0n) is 7.98. The molecule has 86 valence electrons. The van der Waals surface area contributed by atoms with Crippen LogP contribution >= 0.6 is 0 Å². The number of pyridine rings is 1. The number of nitrogens with zero attached hydrogens (tertiary/aromatic N) is 2. The number of alkyl halides is 2. The largest absolute Gasteiger partial charge is 0.478 e. The summed E-state index contributed by atoms with van der Waals surface area (Å²) in [5.74, 6) is -1.45. The lowest BCUT2D eigenvalue weighted by molar-refractivity contribution is -0.387. The van der Waals surface area contributed by atoms with Crippen LogP contribution in [0.15, 0.2) is 6.20 Å². The molecule has 1 rings (SSSR count). The van der Waals surface area contributed by atoms with E-state index in [-0.39, 0.29) is 5.56 Å². The van der Waals surface area contributed by atoms with Gasteiger partial charge in [-0.2, -0.15) is 0 Å². The molecule has 0 saturated carbocycles. The van der Waals surface area contributed by atoms with Crippen LogP contribution in [0.5, 0.6) is 0 Å². The SMILES string of the molecule is Cc1c(C(=O)O)cnc(C(F)F)c1[N+](=O)[O-]. The lowest BCUT2D eigenvalue weighted by Gasteiger charge is -2.05. The molecular formula is C8H6F2N2O4. The van der Waals surface area contributed by atoms with Gasteiger partial charge in [0.05, 0.1) is 10.5 Å². The molecule has 8 heteroatoms. The van der Waals surface area contributed by atoms with Crippen molar-refractivity contribution in [2.45, 2.75) is 13.3 Å². The summed E-state index contributed by atoms with van der Waals surface area (Å²) in [6.45, 7) is 1.09. The fourth-order valence-corrected chi connectivity index (χ4v) is 1.22. The molecule has 0 aliphatic rings. The molecule has 1 aromatic rings. The van der Waals surface area contributed by atoms with E-state index in [4.69, 9.17) is 5.11 Å². The van der Waals surface area contributed by atoms with E-state index in [0.717, 1.165) is 6.92 Å². The van der Waals surface area contributed by atoms with Gasteiger partial charge < -0.3 is 5.11 Å². The van der Waals surface area contributed by atoms with Crippen molar-refractivity contribution >= 4 is 11.7 Å². The lowest BCUT2D eigenvalue weighted by atomic mass is 10.1. The quantitative estimate of drug-likeness (QED) is 0.634. The second-order valence-electron chi connectivity index (χ2n) is 2.89. The summed E-state index contributed by atoms with van der Waals surface area (Å²) < 4.78 is 24.8. The van der Waals surface area contributed by atoms with Crippen LogP contribution < -0.4 is 0 Å². The monoisotopic (exact) mass is 232 g/mol. The minimum atomic E-state index is -3.12. The number of nitro groups is 1. The van der Waals surface area contributed by atoms with E-state index in [1.165, 1.54) is 0 Å². The van der Waals surface area contributed by atoms with E-state index in [0.29, 0.717) is 6.20 Å². The molecule has 0 aliphatic heterocycles. The molecule has 0 radical (unpaired) electrons. The van der Waals surface area contributed by atoms with Crippen LogP contribution in [0.3, 0.4) is 0 Å². The van der Waals surface area contributed by atoms with Gasteiger partial charge >= 0.3 is 5.97 Å². The summed E-state index contributed by atoms with van der Waals surface area (Å²) >= 11 is 0. The maximum atomic E-state index is 12.4. The number of carbonyl (C=O) groups is 1. The minimum Gasteiger partial charge on any atom is -0.478 e. The standard InChI is InChI=1S/C8H6F2N2O4/c1-3-4(8(13)14)2-11-5(7(9)10)6(3)12(15)16/h2,7H,1H3,(H,13,14). The molecule has 1 N–H and O–H groups in total. The molecule has 0 aromatic carbocycles. The maximum Gasteiger partial charge on any atom is 0.337 e. The Morgan fingerprint density at radius 1 is 1.62 bits per heavy atom. The number of aromatic nitrogens is 1. The summed E-state index contributed by atoms with van der Waals surface area (Å²) in [7, 11) is 0. The molecule has 0 fully saturated rings. The zero-order valence-corrected chi connectivity index (χ0v) is 7.98. The summed E-state index contributed by atoms with van der Waals surface area (Å²) in [4.78, 5) is 23.2. The molecule has 6 nitrogen and oxygen atoms in total. The van der Waals surface area contributed by atoms with Crippen molar-refractivity contribution in [3.05, 3.63) is 33.1 Å². The van der Waals surface area contributed by atoms with E-state index in [9.17, 15) is 23.7 Å². The molecule has 16 heavy (non-hydrogen) atoms. The van der Waals surface area contributed by atoms with Crippen LogP contribution in [0.1, 0.15) is 28.0 Å². The summed E-state index contributed by atoms with van der Waals surface area (Å²) in [6.07, 6.45) is -2.44. The van der Waals surface area contributed by atoms with Crippen molar-refractivity contribution in [2.24, 2.45) is 0 Å². The Hall–Kier alpha value is -2.12. The highest BCUT2D eigenvalue weighted by Crippen LogP contribution is 2.31. The number of carboxylic acid groups (broad SMARTS) is 1. The number of carboxylic acids is 1. The second kappa shape index (κ2) is 4.17. The Morgan fingerprint density at radius 3 is 2.56 bits per heavy atom. The van der Waals surface area contributed by atoms with Gasteiger partial charge in [0.25, 0.3) is 12.1 Å². The molecule has 0 bridgehead atoms. The lowest BCUT2D eigenvalue weighted by Crippen LogP contribution is -2.08. The van der Waals surface area contributed by atoms with Gasteiger partial charge in [-0.3, -0.25) is 10.1 Å². The number of rotatable bonds is 3. The van der Waals surface area contributed by atoms with E-state index in [1.54, 1.807) is 0 Å². The smallest absolute Gasteiger partial charge is 0.337 e. The number of halogens is 2. The van der Waals surface area contributed by atoms with Crippen LogP contribution in [0.4, 0.5) is 14.5 Å². The van der Waals surface area contributed by atoms with Gasteiger partial charge in [0, 0.05) is 11.8 Å². The summed E-state index contributed by atoms with van der Waals surface area (Å²) in [5, 5.41) is 19.2. The van der Waals surface area contributed by atoms with Gasteiger partial charge in [0.2, 0.25) is 0 Å². The van der Waals surface area contributed by atoms with Crippen molar-refractivity contribution in [2.75, 3.05) is 0 Å². The highest BCUT2D eigenvalue weighted by molar-refractivity contribution is 5.90. The van der Waals surface area contributed by atoms with E-state index in [2.05, 4.69) is 4.98 Å². The first kappa shape index (κ1) is 12.0. The van der Waals surface area contributed by atoms with Gasteiger partial charge in [-0.15, -0.1) is 0 Å². The van der Waals surface area contributed by atoms with Gasteiger partial charge in [-0.25, -0.2) is 18.6 Å². The van der Waals surface area contributed by atoms with Gasteiger partial charge in [0.1, 0.15) is 0 Å². The molecule has 0 unspecified atom stereocenters. The Morgan fingerprint density at radius 2 is 2.19 bits per heavy atom. The third-order valence-corrected chi connectivity index (χ3v) is 1.95. The normalized spacial score (nSPS) is 10.5. The number of hydrogen-bond donors (Lipinski definition) is 1. The van der Waals surface area contributed by atoms with Crippen LogP contribution in [0.2, 0.25) is 0 Å². The topological polar surface area (TPSA) is 93.3 Å². The highest BCUT2D eigenvalue weighted by Gasteiger charge is 2.29. The number of hydrogen-bond acceptors (Lipinski definition) is 4. The second-order valence-corrected chi connectivity index (χ2v) is 2.89. The molecule has 0 amide bonds. The molecule has 0 spiro atoms. The van der Waals surface area contributed by atoms with Crippen molar-refractivity contribution in [1.82, 2.24) is 4.98 Å². The predicted molar refractivity (Wildman–Crippen MR) is 47.5 cm³/mol. The highest BCUT2D eigenvalue weighted by atomic mass is 19.3. The van der Waals surface area contributed by atoms with Gasteiger partial charge in [-0.1, -0.05) is 0 Å². The first-order valence-electron chi connectivity index (χ1n) is 4.01. The van der Waals surface area contributed by atoms with Crippen molar-refractivity contribution in [3.8, 4) is 0 Å². The minimum absolute atomic E-state index is 0.331. The van der Waals surface area contributed by atoms with E-state index in [1.807, 2.05) is 0 Å². The summed E-state index contributed by atoms with van der Waals surface area (Å²) in [6, 6.07) is 0. The maximum absolute atomic E-state index is 12.4. The Bertz CT molecular complexity index is 462. The average Bonchev–Trinajstić information content (AvgIpc) is 2.15. The Balaban J connectivity index is 3.54. The molecule has 1 aromatic heterocycles.